The molecule has 27 heavy (non-hydrogen) atoms. The third kappa shape index (κ3) is 2.56. The monoisotopic (exact) mass is 352 g/mol. The van der Waals surface area contributed by atoms with Crippen LogP contribution in [-0.4, -0.2) is 0 Å². The topological polar surface area (TPSA) is 39.4 Å². The molecule has 0 saturated heterocycles. The molecule has 0 spiro atoms. The van der Waals surface area contributed by atoms with Crippen LogP contribution in [-0.2, 0) is 5.60 Å². The summed E-state index contributed by atoms with van der Waals surface area (Å²) in [7, 11) is 0. The van der Waals surface area contributed by atoms with E-state index in [1.807, 2.05) is 42.5 Å². The Morgan fingerprint density at radius 3 is 2.07 bits per heavy atom. The standard InChI is InChI=1S/C24H16O3/c25-23-12-11-17-15-18-13-14-24(19-7-3-1-4-8-19,20-9-5-2-6-10-20)27-22(18)16-21(17)26-23/h1-16H. The lowest BCUT2D eigenvalue weighted by Gasteiger charge is -2.36. The van der Waals surface area contributed by atoms with Crippen molar-refractivity contribution in [1.82, 2.24) is 0 Å². The van der Waals surface area contributed by atoms with E-state index in [9.17, 15) is 4.79 Å². The molecule has 2 heterocycles. The van der Waals surface area contributed by atoms with Crippen LogP contribution in [0.4, 0.5) is 0 Å². The zero-order valence-electron chi connectivity index (χ0n) is 14.5. The molecule has 3 aromatic carbocycles. The first-order chi connectivity index (χ1) is 13.2. The molecular weight excluding hydrogens is 336 g/mol. The first-order valence-corrected chi connectivity index (χ1v) is 8.82. The van der Waals surface area contributed by atoms with Gasteiger partial charge < -0.3 is 9.15 Å². The Labute approximate surface area is 156 Å². The van der Waals surface area contributed by atoms with E-state index in [4.69, 9.17) is 9.15 Å². The fraction of sp³-hybridized carbons (Fsp3) is 0.0417. The lowest BCUT2D eigenvalue weighted by atomic mass is 9.83. The van der Waals surface area contributed by atoms with Gasteiger partial charge in [0.2, 0.25) is 0 Å². The zero-order valence-corrected chi connectivity index (χ0v) is 14.5. The van der Waals surface area contributed by atoms with Gasteiger partial charge in [0.25, 0.3) is 0 Å². The van der Waals surface area contributed by atoms with Crippen molar-refractivity contribution in [3.63, 3.8) is 0 Å². The fourth-order valence-corrected chi connectivity index (χ4v) is 3.60. The molecule has 0 fully saturated rings. The maximum atomic E-state index is 11.6. The van der Waals surface area contributed by atoms with Gasteiger partial charge in [-0.05, 0) is 18.2 Å². The SMILES string of the molecule is O=c1ccc2cc3c(cc2o1)OC(c1ccccc1)(c1ccccc1)C=C3. The van der Waals surface area contributed by atoms with Crippen molar-refractivity contribution in [3.05, 3.63) is 118 Å². The third-order valence-electron chi connectivity index (χ3n) is 4.93. The van der Waals surface area contributed by atoms with Gasteiger partial charge in [-0.2, -0.15) is 0 Å². The number of benzene rings is 3. The van der Waals surface area contributed by atoms with Gasteiger partial charge in [-0.25, -0.2) is 4.79 Å². The molecule has 3 nitrogen and oxygen atoms in total. The Morgan fingerprint density at radius 2 is 1.41 bits per heavy atom. The van der Waals surface area contributed by atoms with Crippen LogP contribution in [0.2, 0.25) is 0 Å². The summed E-state index contributed by atoms with van der Waals surface area (Å²) in [5, 5.41) is 0.869. The Balaban J connectivity index is 1.74. The molecule has 0 N–H and O–H groups in total. The van der Waals surface area contributed by atoms with Gasteiger partial charge in [0.1, 0.15) is 11.3 Å². The maximum absolute atomic E-state index is 11.6. The Hall–Kier alpha value is -3.59. The molecule has 1 aromatic heterocycles. The smallest absolute Gasteiger partial charge is 0.336 e. The third-order valence-corrected chi connectivity index (χ3v) is 4.93. The van der Waals surface area contributed by atoms with E-state index >= 15 is 0 Å². The van der Waals surface area contributed by atoms with Gasteiger partial charge in [-0.15, -0.1) is 0 Å². The van der Waals surface area contributed by atoms with E-state index in [2.05, 4.69) is 36.4 Å². The molecule has 0 aliphatic carbocycles. The lowest BCUT2D eigenvalue weighted by molar-refractivity contribution is 0.161. The van der Waals surface area contributed by atoms with Gasteiger partial charge in [-0.3, -0.25) is 0 Å². The van der Waals surface area contributed by atoms with Crippen LogP contribution in [0, 0.1) is 0 Å². The first kappa shape index (κ1) is 15.6. The summed E-state index contributed by atoms with van der Waals surface area (Å²) < 4.78 is 11.9. The van der Waals surface area contributed by atoms with Crippen LogP contribution in [0.15, 0.2) is 100 Å². The van der Waals surface area contributed by atoms with Crippen LogP contribution in [0.3, 0.4) is 0 Å². The van der Waals surface area contributed by atoms with Crippen molar-refractivity contribution in [2.24, 2.45) is 0 Å². The predicted molar refractivity (Wildman–Crippen MR) is 106 cm³/mol. The van der Waals surface area contributed by atoms with Crippen LogP contribution < -0.4 is 10.4 Å². The number of fused-ring (bicyclic) bond motifs is 2. The van der Waals surface area contributed by atoms with E-state index < -0.39 is 5.60 Å². The summed E-state index contributed by atoms with van der Waals surface area (Å²) in [5.74, 6) is 0.687. The quantitative estimate of drug-likeness (QED) is 0.469. The number of ether oxygens (including phenoxy) is 1. The first-order valence-electron chi connectivity index (χ1n) is 8.82. The largest absolute Gasteiger partial charge is 0.473 e. The molecule has 0 amide bonds. The molecule has 3 heteroatoms. The fourth-order valence-electron chi connectivity index (χ4n) is 3.60. The van der Waals surface area contributed by atoms with Crippen molar-refractivity contribution in [1.29, 1.82) is 0 Å². The second kappa shape index (κ2) is 5.99. The summed E-state index contributed by atoms with van der Waals surface area (Å²) in [6.45, 7) is 0. The van der Waals surface area contributed by atoms with Crippen LogP contribution >= 0.6 is 0 Å². The molecule has 1 aliphatic heterocycles. The molecular formula is C24H16O3. The number of rotatable bonds is 2. The van der Waals surface area contributed by atoms with Crippen LogP contribution in [0.1, 0.15) is 16.7 Å². The highest BCUT2D eigenvalue weighted by Gasteiger charge is 2.36. The normalized spacial score (nSPS) is 14.5. The molecule has 0 unspecified atom stereocenters. The van der Waals surface area contributed by atoms with Crippen LogP contribution in [0.5, 0.6) is 5.75 Å². The summed E-state index contributed by atoms with van der Waals surface area (Å²) in [6, 6.07) is 27.2. The van der Waals surface area contributed by atoms with E-state index in [1.165, 1.54) is 6.07 Å². The Morgan fingerprint density at radius 1 is 0.741 bits per heavy atom. The molecule has 130 valence electrons. The van der Waals surface area contributed by atoms with Crippen molar-refractivity contribution in [2.75, 3.05) is 0 Å². The van der Waals surface area contributed by atoms with Crippen molar-refractivity contribution in [2.45, 2.75) is 5.60 Å². The van der Waals surface area contributed by atoms with Crippen molar-refractivity contribution < 1.29 is 9.15 Å². The van der Waals surface area contributed by atoms with Gasteiger partial charge in [-0.1, -0.05) is 66.7 Å². The molecule has 1 aliphatic rings. The van der Waals surface area contributed by atoms with Gasteiger partial charge in [0, 0.05) is 34.2 Å². The van der Waals surface area contributed by atoms with Crippen molar-refractivity contribution in [3.8, 4) is 5.75 Å². The average Bonchev–Trinajstić information content (AvgIpc) is 2.73. The minimum atomic E-state index is -0.738. The highest BCUT2D eigenvalue weighted by molar-refractivity contribution is 5.83. The molecule has 5 rings (SSSR count). The summed E-state index contributed by atoms with van der Waals surface area (Å²) in [5.41, 5.74) is 2.44. The number of hydrogen-bond acceptors (Lipinski definition) is 3. The van der Waals surface area contributed by atoms with Gasteiger partial charge in [0.15, 0.2) is 5.60 Å². The van der Waals surface area contributed by atoms with Crippen LogP contribution in [0.25, 0.3) is 17.0 Å². The minimum Gasteiger partial charge on any atom is -0.473 e. The van der Waals surface area contributed by atoms with E-state index in [-0.39, 0.29) is 5.63 Å². The molecule has 0 saturated carbocycles. The van der Waals surface area contributed by atoms with Gasteiger partial charge in [0.05, 0.1) is 0 Å². The molecule has 0 atom stereocenters. The average molecular weight is 352 g/mol. The lowest BCUT2D eigenvalue weighted by Crippen LogP contribution is -2.34. The summed E-state index contributed by atoms with van der Waals surface area (Å²) >= 11 is 0. The predicted octanol–water partition coefficient (Wildman–Crippen LogP) is 5.14. The zero-order chi connectivity index (χ0) is 18.3. The minimum absolute atomic E-state index is 0.369. The van der Waals surface area contributed by atoms with Crippen molar-refractivity contribution >= 4 is 17.0 Å². The molecule has 4 aromatic rings. The Bertz CT molecular complexity index is 1170. The molecule has 0 radical (unpaired) electrons. The number of hydrogen-bond donors (Lipinski definition) is 0. The van der Waals surface area contributed by atoms with E-state index in [0.717, 1.165) is 22.1 Å². The van der Waals surface area contributed by atoms with Gasteiger partial charge >= 0.3 is 5.63 Å². The second-order valence-corrected chi connectivity index (χ2v) is 6.59. The maximum Gasteiger partial charge on any atom is 0.336 e. The molecule has 0 bridgehead atoms. The Kier molecular flexibility index (Phi) is 3.47. The highest BCUT2D eigenvalue weighted by atomic mass is 16.5. The summed E-state index contributed by atoms with van der Waals surface area (Å²) in [4.78, 5) is 11.6. The second-order valence-electron chi connectivity index (χ2n) is 6.59. The van der Waals surface area contributed by atoms with E-state index in [1.54, 1.807) is 12.1 Å². The highest BCUT2D eigenvalue weighted by Crippen LogP contribution is 2.42. The summed E-state index contributed by atoms with van der Waals surface area (Å²) in [6.07, 6.45) is 4.16. The van der Waals surface area contributed by atoms with E-state index in [0.29, 0.717) is 11.3 Å².